The highest BCUT2D eigenvalue weighted by Crippen LogP contribution is 2.29. The molecular formula is C5H12O9. The highest BCUT2D eigenvalue weighted by atomic mass is 16.7. The van der Waals surface area contributed by atoms with E-state index < -0.39 is 30.3 Å². The molecule has 0 rings (SSSR count). The first-order valence-corrected chi connectivity index (χ1v) is 3.32. The summed E-state index contributed by atoms with van der Waals surface area (Å²) in [5.41, 5.74) is 0. The van der Waals surface area contributed by atoms with E-state index in [1.54, 1.807) is 0 Å². The summed E-state index contributed by atoms with van der Waals surface area (Å²) in [6.45, 7) is -1.68. The zero-order valence-corrected chi connectivity index (χ0v) is 6.81. The monoisotopic (exact) mass is 216 g/mol. The highest BCUT2D eigenvalue weighted by Gasteiger charge is 2.64. The Morgan fingerprint density at radius 2 is 1.21 bits per heavy atom. The van der Waals surface area contributed by atoms with Gasteiger partial charge in [0.25, 0.3) is 11.6 Å². The van der Waals surface area contributed by atoms with E-state index in [1.807, 2.05) is 0 Å². The average Bonchev–Trinajstić information content (AvgIpc) is 2.03. The average molecular weight is 216 g/mol. The van der Waals surface area contributed by atoms with Gasteiger partial charge in [-0.05, 0) is 0 Å². The van der Waals surface area contributed by atoms with Crippen LogP contribution in [0.5, 0.6) is 0 Å². The lowest BCUT2D eigenvalue weighted by Crippen LogP contribution is -2.73. The molecule has 0 saturated heterocycles. The molecule has 0 atom stereocenters. The molecule has 0 unspecified atom stereocenters. The van der Waals surface area contributed by atoms with Crippen LogP contribution in [0.4, 0.5) is 0 Å². The van der Waals surface area contributed by atoms with E-state index in [2.05, 4.69) is 0 Å². The maximum Gasteiger partial charge on any atom is 0.282 e. The van der Waals surface area contributed by atoms with E-state index >= 15 is 0 Å². The molecule has 0 aromatic carbocycles. The lowest BCUT2D eigenvalue weighted by atomic mass is 9.96. The van der Waals surface area contributed by atoms with Gasteiger partial charge in [0.15, 0.2) is 0 Å². The Morgan fingerprint density at radius 3 is 1.43 bits per heavy atom. The number of rotatable bonds is 4. The normalized spacial score (nSPS) is 15.0. The van der Waals surface area contributed by atoms with E-state index in [0.717, 1.165) is 0 Å². The fourth-order valence-corrected chi connectivity index (χ4v) is 0.585. The molecule has 14 heavy (non-hydrogen) atoms. The van der Waals surface area contributed by atoms with Crippen LogP contribution in [0, 0.1) is 0 Å². The van der Waals surface area contributed by atoms with Crippen molar-refractivity contribution in [3.8, 4) is 0 Å². The fraction of sp³-hybridized carbons (Fsp3) is 1.00. The van der Waals surface area contributed by atoms with Gasteiger partial charge in [0.2, 0.25) is 12.1 Å². The van der Waals surface area contributed by atoms with E-state index in [1.165, 1.54) is 0 Å². The van der Waals surface area contributed by atoms with Crippen molar-refractivity contribution in [1.82, 2.24) is 0 Å². The third-order valence-electron chi connectivity index (χ3n) is 1.65. The van der Waals surface area contributed by atoms with Crippen LogP contribution >= 0.6 is 0 Å². The van der Waals surface area contributed by atoms with Gasteiger partial charge in [-0.25, -0.2) is 0 Å². The summed E-state index contributed by atoms with van der Waals surface area (Å²) in [5.74, 6) is -12.0. The lowest BCUT2D eigenvalue weighted by molar-refractivity contribution is -0.484. The summed E-state index contributed by atoms with van der Waals surface area (Å²) in [4.78, 5) is 0. The van der Waals surface area contributed by atoms with Crippen LogP contribution in [0.15, 0.2) is 0 Å². The smallest absolute Gasteiger partial charge is 0.282 e. The molecule has 0 heterocycles. The second-order valence-electron chi connectivity index (χ2n) is 2.75. The molecule has 0 aliphatic rings. The SMILES string of the molecule is OCC(O)(O)C(O)(O)C(O)(O)C(O)O. The Balaban J connectivity index is 5.14. The number of hydrogen-bond donors (Lipinski definition) is 9. The van der Waals surface area contributed by atoms with Crippen LogP contribution in [-0.2, 0) is 0 Å². The predicted octanol–water partition coefficient (Wildman–Crippen LogP) is -5.67. The molecule has 0 aromatic rings. The van der Waals surface area contributed by atoms with Gasteiger partial charge in [0, 0.05) is 0 Å². The zero-order valence-electron chi connectivity index (χ0n) is 6.81. The van der Waals surface area contributed by atoms with Crippen LogP contribution in [-0.4, -0.2) is 76.2 Å². The summed E-state index contributed by atoms with van der Waals surface area (Å²) in [6, 6.07) is 0. The Bertz CT molecular complexity index is 195. The molecule has 0 spiro atoms. The molecule has 0 saturated carbocycles. The summed E-state index contributed by atoms with van der Waals surface area (Å²) < 4.78 is 0. The molecular weight excluding hydrogens is 204 g/mol. The van der Waals surface area contributed by atoms with Crippen molar-refractivity contribution >= 4 is 0 Å². The minimum absolute atomic E-state index is 1.68. The van der Waals surface area contributed by atoms with Gasteiger partial charge in [-0.3, -0.25) is 0 Å². The fourth-order valence-electron chi connectivity index (χ4n) is 0.585. The van der Waals surface area contributed by atoms with Crippen LogP contribution < -0.4 is 0 Å². The quantitative estimate of drug-likeness (QED) is 0.207. The minimum atomic E-state index is -4.16. The van der Waals surface area contributed by atoms with Gasteiger partial charge in [-0.1, -0.05) is 0 Å². The first-order chi connectivity index (χ1) is 6.00. The van der Waals surface area contributed by atoms with Gasteiger partial charge in [-0.2, -0.15) is 0 Å². The summed E-state index contributed by atoms with van der Waals surface area (Å²) in [7, 11) is 0. The van der Waals surface area contributed by atoms with E-state index in [4.69, 9.17) is 46.0 Å². The number of aliphatic hydroxyl groups excluding tert-OH is 2. The van der Waals surface area contributed by atoms with Crippen LogP contribution in [0.3, 0.4) is 0 Å². The maximum absolute atomic E-state index is 8.82. The Hall–Kier alpha value is -0.360. The summed E-state index contributed by atoms with van der Waals surface area (Å²) in [6.07, 6.45) is -3.09. The standard InChI is InChI=1S/C5H12O9/c6-1-3(9,10)5(13,14)4(11,12)2(7)8/h2,6-14H,1H2. The molecule has 0 aromatic heterocycles. The van der Waals surface area contributed by atoms with Gasteiger partial charge >= 0.3 is 0 Å². The number of hydrogen-bond acceptors (Lipinski definition) is 9. The molecule has 0 aliphatic carbocycles. The summed E-state index contributed by atoms with van der Waals surface area (Å²) >= 11 is 0. The van der Waals surface area contributed by atoms with Crippen molar-refractivity contribution in [2.75, 3.05) is 6.61 Å². The van der Waals surface area contributed by atoms with Crippen molar-refractivity contribution in [2.45, 2.75) is 23.7 Å². The van der Waals surface area contributed by atoms with Gasteiger partial charge < -0.3 is 46.0 Å². The second kappa shape index (κ2) is 3.66. The molecule has 0 aliphatic heterocycles. The summed E-state index contributed by atoms with van der Waals surface area (Å²) in [5, 5.41) is 77.3. The molecule has 9 heteroatoms. The van der Waals surface area contributed by atoms with Crippen LogP contribution in [0.1, 0.15) is 0 Å². The van der Waals surface area contributed by atoms with Crippen molar-refractivity contribution in [1.29, 1.82) is 0 Å². The molecule has 0 fully saturated rings. The van der Waals surface area contributed by atoms with Crippen molar-refractivity contribution in [2.24, 2.45) is 0 Å². The van der Waals surface area contributed by atoms with E-state index in [-0.39, 0.29) is 0 Å². The highest BCUT2D eigenvalue weighted by molar-refractivity contribution is 4.94. The second-order valence-corrected chi connectivity index (χ2v) is 2.75. The molecule has 86 valence electrons. The first kappa shape index (κ1) is 13.6. The van der Waals surface area contributed by atoms with E-state index in [9.17, 15) is 0 Å². The third kappa shape index (κ3) is 1.86. The Kier molecular flexibility index (Phi) is 3.56. The van der Waals surface area contributed by atoms with E-state index in [0.29, 0.717) is 0 Å². The Labute approximate surface area is 77.3 Å². The van der Waals surface area contributed by atoms with Gasteiger partial charge in [0.05, 0.1) is 0 Å². The lowest BCUT2D eigenvalue weighted by Gasteiger charge is -2.42. The van der Waals surface area contributed by atoms with Crippen molar-refractivity contribution in [3.63, 3.8) is 0 Å². The topological polar surface area (TPSA) is 182 Å². The van der Waals surface area contributed by atoms with Crippen LogP contribution in [0.25, 0.3) is 0 Å². The van der Waals surface area contributed by atoms with Crippen LogP contribution in [0.2, 0.25) is 0 Å². The Morgan fingerprint density at radius 1 is 0.857 bits per heavy atom. The minimum Gasteiger partial charge on any atom is -0.391 e. The van der Waals surface area contributed by atoms with Crippen molar-refractivity contribution in [3.05, 3.63) is 0 Å². The zero-order chi connectivity index (χ0) is 11.8. The molecule has 9 nitrogen and oxygen atoms in total. The molecule has 0 radical (unpaired) electrons. The van der Waals surface area contributed by atoms with Crippen molar-refractivity contribution < 1.29 is 46.0 Å². The number of aliphatic hydroxyl groups is 9. The van der Waals surface area contributed by atoms with Gasteiger partial charge in [-0.15, -0.1) is 0 Å². The molecule has 9 N–H and O–H groups in total. The maximum atomic E-state index is 8.82. The largest absolute Gasteiger partial charge is 0.391 e. The molecule has 0 amide bonds. The van der Waals surface area contributed by atoms with Gasteiger partial charge in [0.1, 0.15) is 6.61 Å². The predicted molar refractivity (Wildman–Crippen MR) is 36.8 cm³/mol. The molecule has 0 bridgehead atoms. The first-order valence-electron chi connectivity index (χ1n) is 3.32. The third-order valence-corrected chi connectivity index (χ3v) is 1.65.